The van der Waals surface area contributed by atoms with Gasteiger partial charge in [0.1, 0.15) is 4.99 Å². The lowest BCUT2D eigenvalue weighted by atomic mass is 10.1. The molecule has 2 aromatic carbocycles. The molecule has 0 heterocycles. The number of thiocarbonyl (C=S) groups is 1. The summed E-state index contributed by atoms with van der Waals surface area (Å²) in [7, 11) is 0. The molecule has 0 bridgehead atoms. The van der Waals surface area contributed by atoms with Crippen molar-refractivity contribution in [2.45, 2.75) is 6.92 Å². The molecule has 0 aliphatic heterocycles. The van der Waals surface area contributed by atoms with Crippen LogP contribution in [-0.2, 0) is 0 Å². The maximum absolute atomic E-state index is 6.22. The van der Waals surface area contributed by atoms with Gasteiger partial charge in [-0.25, -0.2) is 0 Å². The van der Waals surface area contributed by atoms with Crippen LogP contribution < -0.4 is 11.1 Å². The molecule has 0 saturated heterocycles. The molecule has 2 aromatic rings. The molecule has 5 heteroatoms. The standard InChI is InChI=1S/C14H12BrClN2S/c1-8-6-10(15)3-5-12(8)18-13-4-2-9(14(17)19)7-11(13)16/h2-7,18H,1H3,(H2,17,19). The second-order valence-electron chi connectivity index (χ2n) is 4.14. The summed E-state index contributed by atoms with van der Waals surface area (Å²) in [5.41, 5.74) is 9.30. The van der Waals surface area contributed by atoms with Crippen LogP contribution in [0.2, 0.25) is 5.02 Å². The molecule has 0 atom stereocenters. The van der Waals surface area contributed by atoms with Crippen molar-refractivity contribution in [3.05, 3.63) is 57.0 Å². The highest BCUT2D eigenvalue weighted by Gasteiger charge is 2.05. The Balaban J connectivity index is 2.31. The maximum Gasteiger partial charge on any atom is 0.104 e. The normalized spacial score (nSPS) is 10.3. The van der Waals surface area contributed by atoms with E-state index in [1.54, 1.807) is 6.07 Å². The third-order valence-corrected chi connectivity index (χ3v) is 3.75. The van der Waals surface area contributed by atoms with E-state index in [2.05, 4.69) is 21.2 Å². The SMILES string of the molecule is Cc1cc(Br)ccc1Nc1ccc(C(N)=S)cc1Cl. The summed E-state index contributed by atoms with van der Waals surface area (Å²) in [6.07, 6.45) is 0. The van der Waals surface area contributed by atoms with E-state index < -0.39 is 0 Å². The zero-order valence-corrected chi connectivity index (χ0v) is 13.4. The van der Waals surface area contributed by atoms with Crippen LogP contribution in [0.4, 0.5) is 11.4 Å². The molecule has 0 unspecified atom stereocenters. The van der Waals surface area contributed by atoms with Crippen LogP contribution in [0.1, 0.15) is 11.1 Å². The third kappa shape index (κ3) is 3.47. The van der Waals surface area contributed by atoms with Crippen LogP contribution >= 0.6 is 39.7 Å². The summed E-state index contributed by atoms with van der Waals surface area (Å²) >= 11 is 14.6. The van der Waals surface area contributed by atoms with Gasteiger partial charge in [-0.05, 0) is 48.9 Å². The number of nitrogens with one attached hydrogen (secondary N) is 1. The van der Waals surface area contributed by atoms with Crippen LogP contribution in [0, 0.1) is 6.92 Å². The van der Waals surface area contributed by atoms with Gasteiger partial charge in [0.25, 0.3) is 0 Å². The number of hydrogen-bond donors (Lipinski definition) is 2. The fourth-order valence-electron chi connectivity index (χ4n) is 1.68. The molecule has 0 fully saturated rings. The van der Waals surface area contributed by atoms with Gasteiger partial charge in [0.2, 0.25) is 0 Å². The first-order valence-electron chi connectivity index (χ1n) is 5.60. The Labute approximate surface area is 131 Å². The molecular weight excluding hydrogens is 344 g/mol. The van der Waals surface area contributed by atoms with Crippen LogP contribution in [-0.4, -0.2) is 4.99 Å². The molecule has 3 N–H and O–H groups in total. The Kier molecular flexibility index (Phi) is 4.45. The van der Waals surface area contributed by atoms with Gasteiger partial charge in [0, 0.05) is 15.7 Å². The predicted octanol–water partition coefficient (Wildman–Crippen LogP) is 4.79. The maximum atomic E-state index is 6.22. The monoisotopic (exact) mass is 354 g/mol. The van der Waals surface area contributed by atoms with Crippen molar-refractivity contribution in [1.82, 2.24) is 0 Å². The summed E-state index contributed by atoms with van der Waals surface area (Å²) in [5, 5.41) is 3.89. The molecule has 2 rings (SSSR count). The van der Waals surface area contributed by atoms with E-state index >= 15 is 0 Å². The Morgan fingerprint density at radius 2 is 1.89 bits per heavy atom. The quantitative estimate of drug-likeness (QED) is 0.778. The highest BCUT2D eigenvalue weighted by Crippen LogP contribution is 2.29. The lowest BCUT2D eigenvalue weighted by molar-refractivity contribution is 1.41. The Bertz CT molecular complexity index is 643. The molecular formula is C14H12BrClN2S. The summed E-state index contributed by atoms with van der Waals surface area (Å²) < 4.78 is 1.05. The van der Waals surface area contributed by atoms with Gasteiger partial charge < -0.3 is 11.1 Å². The molecule has 0 radical (unpaired) electrons. The Morgan fingerprint density at radius 1 is 1.21 bits per heavy atom. The van der Waals surface area contributed by atoms with E-state index in [1.165, 1.54) is 0 Å². The van der Waals surface area contributed by atoms with E-state index in [-0.39, 0.29) is 0 Å². The Hall–Kier alpha value is -1.10. The average Bonchev–Trinajstić information content (AvgIpc) is 2.34. The Morgan fingerprint density at radius 3 is 2.47 bits per heavy atom. The van der Waals surface area contributed by atoms with Gasteiger partial charge in [-0.15, -0.1) is 0 Å². The predicted molar refractivity (Wildman–Crippen MR) is 89.5 cm³/mol. The third-order valence-electron chi connectivity index (χ3n) is 2.71. The van der Waals surface area contributed by atoms with Gasteiger partial charge >= 0.3 is 0 Å². The van der Waals surface area contributed by atoms with Crippen molar-refractivity contribution < 1.29 is 0 Å². The molecule has 19 heavy (non-hydrogen) atoms. The largest absolute Gasteiger partial charge is 0.389 e. The van der Waals surface area contributed by atoms with Crippen molar-refractivity contribution in [2.24, 2.45) is 5.73 Å². The van der Waals surface area contributed by atoms with Crippen LogP contribution in [0.15, 0.2) is 40.9 Å². The molecule has 0 saturated carbocycles. The van der Waals surface area contributed by atoms with Crippen molar-refractivity contribution >= 4 is 56.1 Å². The number of aryl methyl sites for hydroxylation is 1. The molecule has 0 spiro atoms. The topological polar surface area (TPSA) is 38.0 Å². The summed E-state index contributed by atoms with van der Waals surface area (Å²) in [5.74, 6) is 0. The van der Waals surface area contributed by atoms with E-state index in [9.17, 15) is 0 Å². The zero-order valence-electron chi connectivity index (χ0n) is 10.2. The fraction of sp³-hybridized carbons (Fsp3) is 0.0714. The number of anilines is 2. The number of halogens is 2. The van der Waals surface area contributed by atoms with E-state index in [0.717, 1.165) is 27.0 Å². The highest BCUT2D eigenvalue weighted by molar-refractivity contribution is 9.10. The zero-order chi connectivity index (χ0) is 14.0. The summed E-state index contributed by atoms with van der Waals surface area (Å²) in [6, 6.07) is 11.5. The van der Waals surface area contributed by atoms with Gasteiger partial charge in [-0.1, -0.05) is 39.7 Å². The first-order valence-corrected chi connectivity index (χ1v) is 7.18. The van der Waals surface area contributed by atoms with Crippen molar-refractivity contribution in [3.8, 4) is 0 Å². The molecule has 0 amide bonds. The molecule has 0 aliphatic rings. The van der Waals surface area contributed by atoms with E-state index in [4.69, 9.17) is 29.6 Å². The summed E-state index contributed by atoms with van der Waals surface area (Å²) in [6.45, 7) is 2.03. The van der Waals surface area contributed by atoms with E-state index in [1.807, 2.05) is 37.3 Å². The molecule has 0 aromatic heterocycles. The molecule has 2 nitrogen and oxygen atoms in total. The fourth-order valence-corrected chi connectivity index (χ4v) is 2.51. The number of hydrogen-bond acceptors (Lipinski definition) is 2. The number of rotatable bonds is 3. The van der Waals surface area contributed by atoms with Crippen molar-refractivity contribution in [3.63, 3.8) is 0 Å². The van der Waals surface area contributed by atoms with E-state index in [0.29, 0.717) is 10.0 Å². The second-order valence-corrected chi connectivity index (χ2v) is 5.91. The van der Waals surface area contributed by atoms with Gasteiger partial charge in [-0.3, -0.25) is 0 Å². The lowest BCUT2D eigenvalue weighted by Gasteiger charge is -2.12. The van der Waals surface area contributed by atoms with Crippen LogP contribution in [0.5, 0.6) is 0 Å². The van der Waals surface area contributed by atoms with Crippen molar-refractivity contribution in [2.75, 3.05) is 5.32 Å². The van der Waals surface area contributed by atoms with Gasteiger partial charge in [-0.2, -0.15) is 0 Å². The molecule has 98 valence electrons. The second kappa shape index (κ2) is 5.90. The van der Waals surface area contributed by atoms with Gasteiger partial charge in [0.05, 0.1) is 10.7 Å². The first-order chi connectivity index (χ1) is 8.97. The lowest BCUT2D eigenvalue weighted by Crippen LogP contribution is -2.09. The van der Waals surface area contributed by atoms with Crippen molar-refractivity contribution in [1.29, 1.82) is 0 Å². The summed E-state index contributed by atoms with van der Waals surface area (Å²) in [4.78, 5) is 0.341. The first kappa shape index (κ1) is 14.3. The highest BCUT2D eigenvalue weighted by atomic mass is 79.9. The van der Waals surface area contributed by atoms with Gasteiger partial charge in [0.15, 0.2) is 0 Å². The smallest absolute Gasteiger partial charge is 0.104 e. The van der Waals surface area contributed by atoms with Crippen LogP contribution in [0.3, 0.4) is 0 Å². The minimum absolute atomic E-state index is 0.341. The van der Waals surface area contributed by atoms with Crippen LogP contribution in [0.25, 0.3) is 0 Å². The number of benzene rings is 2. The average molecular weight is 356 g/mol. The minimum Gasteiger partial charge on any atom is -0.389 e. The molecule has 0 aliphatic carbocycles. The minimum atomic E-state index is 0.341. The number of nitrogens with two attached hydrogens (primary N) is 1.